The molecule has 2 N–H and O–H groups in total. The summed E-state index contributed by atoms with van der Waals surface area (Å²) < 4.78 is 4.96. The van der Waals surface area contributed by atoms with Crippen LogP contribution in [0.4, 0.5) is 17.2 Å². The van der Waals surface area contributed by atoms with Crippen molar-refractivity contribution >= 4 is 29.1 Å². The third kappa shape index (κ3) is 5.31. The highest BCUT2D eigenvalue weighted by Gasteiger charge is 2.14. The maximum atomic E-state index is 12.1. The van der Waals surface area contributed by atoms with Gasteiger partial charge in [-0.25, -0.2) is 9.78 Å². The number of esters is 1. The summed E-state index contributed by atoms with van der Waals surface area (Å²) >= 11 is 0. The lowest BCUT2D eigenvalue weighted by molar-refractivity contribution is -0.120. The number of hydrogen-bond acceptors (Lipinski definition) is 5. The molecule has 1 aromatic carbocycles. The zero-order valence-corrected chi connectivity index (χ0v) is 15.4. The topological polar surface area (TPSA) is 80.3 Å². The number of carbonyl (C=O) groups is 2. The number of benzene rings is 1. The second-order valence-electron chi connectivity index (χ2n) is 5.86. The molecule has 0 spiro atoms. The summed E-state index contributed by atoms with van der Waals surface area (Å²) in [6.07, 6.45) is 3.25. The summed E-state index contributed by atoms with van der Waals surface area (Å²) in [4.78, 5) is 28.0. The first-order chi connectivity index (χ1) is 12.6. The van der Waals surface area contributed by atoms with Crippen molar-refractivity contribution in [2.24, 2.45) is 5.92 Å². The lowest BCUT2D eigenvalue weighted by Crippen LogP contribution is -2.21. The Kier molecular flexibility index (Phi) is 7.14. The Morgan fingerprint density at radius 2 is 1.65 bits per heavy atom. The molecular weight excluding hydrogens is 330 g/mol. The van der Waals surface area contributed by atoms with Gasteiger partial charge in [0, 0.05) is 11.6 Å². The predicted molar refractivity (Wildman–Crippen MR) is 103 cm³/mol. The number of amides is 1. The van der Waals surface area contributed by atoms with E-state index in [0.717, 1.165) is 18.5 Å². The van der Waals surface area contributed by atoms with Crippen molar-refractivity contribution in [3.8, 4) is 0 Å². The van der Waals surface area contributed by atoms with Gasteiger partial charge in [0.05, 0.1) is 24.1 Å². The van der Waals surface area contributed by atoms with Gasteiger partial charge in [0.2, 0.25) is 5.91 Å². The van der Waals surface area contributed by atoms with Crippen LogP contribution in [0.1, 0.15) is 44.0 Å². The van der Waals surface area contributed by atoms with E-state index < -0.39 is 0 Å². The first-order valence-corrected chi connectivity index (χ1v) is 8.88. The van der Waals surface area contributed by atoms with Crippen LogP contribution in [0, 0.1) is 5.92 Å². The van der Waals surface area contributed by atoms with Gasteiger partial charge < -0.3 is 15.4 Å². The van der Waals surface area contributed by atoms with E-state index in [4.69, 9.17) is 4.74 Å². The number of aromatic nitrogens is 1. The van der Waals surface area contributed by atoms with Gasteiger partial charge in [0.25, 0.3) is 0 Å². The number of ether oxygens (including phenoxy) is 1. The van der Waals surface area contributed by atoms with E-state index in [2.05, 4.69) is 15.6 Å². The van der Waals surface area contributed by atoms with Gasteiger partial charge in [0.1, 0.15) is 5.82 Å². The van der Waals surface area contributed by atoms with Crippen LogP contribution in [0.3, 0.4) is 0 Å². The minimum Gasteiger partial charge on any atom is -0.462 e. The zero-order chi connectivity index (χ0) is 18.9. The minimum atomic E-state index is -0.338. The number of pyridine rings is 1. The Bertz CT molecular complexity index is 723. The fourth-order valence-corrected chi connectivity index (χ4v) is 2.50. The van der Waals surface area contributed by atoms with Gasteiger partial charge >= 0.3 is 5.97 Å². The van der Waals surface area contributed by atoms with Crippen LogP contribution < -0.4 is 10.6 Å². The lowest BCUT2D eigenvalue weighted by atomic mass is 10.0. The fraction of sp³-hybridized carbons (Fsp3) is 0.350. The quantitative estimate of drug-likeness (QED) is 0.687. The van der Waals surface area contributed by atoms with E-state index in [-0.39, 0.29) is 17.8 Å². The third-order valence-electron chi connectivity index (χ3n) is 4.06. The van der Waals surface area contributed by atoms with Crippen LogP contribution in [0.5, 0.6) is 0 Å². The summed E-state index contributed by atoms with van der Waals surface area (Å²) in [5.41, 5.74) is 1.98. The molecule has 6 heteroatoms. The first kappa shape index (κ1) is 19.4. The van der Waals surface area contributed by atoms with Crippen LogP contribution in [-0.4, -0.2) is 23.5 Å². The van der Waals surface area contributed by atoms with E-state index in [1.807, 2.05) is 19.9 Å². The molecule has 0 aliphatic rings. The fourth-order valence-electron chi connectivity index (χ4n) is 2.50. The molecular formula is C20H25N3O3. The number of nitrogens with one attached hydrogen (secondary N) is 2. The highest BCUT2D eigenvalue weighted by molar-refractivity contribution is 5.92. The molecule has 0 saturated carbocycles. The average Bonchev–Trinajstić information content (AvgIpc) is 2.65. The molecule has 2 rings (SSSR count). The van der Waals surface area contributed by atoms with E-state index in [1.165, 1.54) is 0 Å². The molecule has 1 amide bonds. The lowest BCUT2D eigenvalue weighted by Gasteiger charge is -2.13. The van der Waals surface area contributed by atoms with Crippen LogP contribution in [-0.2, 0) is 9.53 Å². The molecule has 0 unspecified atom stereocenters. The maximum absolute atomic E-state index is 12.1. The SMILES string of the molecule is CCOC(=O)c1ccc(Nc2ccc(NC(=O)C(CC)CC)cn2)cc1. The number of hydrogen-bond donors (Lipinski definition) is 2. The average molecular weight is 355 g/mol. The van der Waals surface area contributed by atoms with Crippen molar-refractivity contribution in [2.45, 2.75) is 33.6 Å². The van der Waals surface area contributed by atoms with E-state index in [0.29, 0.717) is 23.7 Å². The Morgan fingerprint density at radius 3 is 2.19 bits per heavy atom. The van der Waals surface area contributed by atoms with Crippen molar-refractivity contribution in [3.05, 3.63) is 48.2 Å². The predicted octanol–water partition coefficient (Wildman–Crippen LogP) is 4.38. The van der Waals surface area contributed by atoms with Gasteiger partial charge in [-0.15, -0.1) is 0 Å². The van der Waals surface area contributed by atoms with Gasteiger partial charge in [0.15, 0.2) is 0 Å². The Labute approximate surface area is 154 Å². The van der Waals surface area contributed by atoms with Crippen LogP contribution in [0.15, 0.2) is 42.6 Å². The molecule has 26 heavy (non-hydrogen) atoms. The molecule has 0 bridgehead atoms. The molecule has 0 saturated heterocycles. The standard InChI is InChI=1S/C20H25N3O3/c1-4-14(5-2)19(24)23-17-11-12-18(21-13-17)22-16-9-7-15(8-10-16)20(25)26-6-3/h7-14H,4-6H2,1-3H3,(H,21,22)(H,23,24). The van der Waals surface area contributed by atoms with Crippen molar-refractivity contribution in [1.82, 2.24) is 4.98 Å². The second-order valence-corrected chi connectivity index (χ2v) is 5.86. The van der Waals surface area contributed by atoms with E-state index >= 15 is 0 Å². The van der Waals surface area contributed by atoms with Crippen molar-refractivity contribution < 1.29 is 14.3 Å². The van der Waals surface area contributed by atoms with Gasteiger partial charge in [-0.3, -0.25) is 4.79 Å². The maximum Gasteiger partial charge on any atom is 0.338 e. The summed E-state index contributed by atoms with van der Waals surface area (Å²) in [7, 11) is 0. The molecule has 138 valence electrons. The Hall–Kier alpha value is -2.89. The third-order valence-corrected chi connectivity index (χ3v) is 4.06. The minimum absolute atomic E-state index is 0.0192. The normalized spacial score (nSPS) is 10.5. The van der Waals surface area contributed by atoms with Crippen LogP contribution >= 0.6 is 0 Å². The Balaban J connectivity index is 1.96. The number of nitrogens with zero attached hydrogens (tertiary/aromatic N) is 1. The van der Waals surface area contributed by atoms with Crippen LogP contribution in [0.25, 0.3) is 0 Å². The molecule has 0 atom stereocenters. The first-order valence-electron chi connectivity index (χ1n) is 8.88. The molecule has 0 fully saturated rings. The summed E-state index contributed by atoms with van der Waals surface area (Å²) in [5.74, 6) is 0.349. The molecule has 1 aromatic heterocycles. The molecule has 0 aliphatic carbocycles. The monoisotopic (exact) mass is 355 g/mol. The molecule has 0 radical (unpaired) electrons. The van der Waals surface area contributed by atoms with E-state index in [1.54, 1.807) is 43.5 Å². The smallest absolute Gasteiger partial charge is 0.338 e. The number of anilines is 3. The summed E-state index contributed by atoms with van der Waals surface area (Å²) in [5, 5.41) is 6.04. The summed E-state index contributed by atoms with van der Waals surface area (Å²) in [6, 6.07) is 10.6. The van der Waals surface area contributed by atoms with Crippen molar-refractivity contribution in [3.63, 3.8) is 0 Å². The number of carbonyl (C=O) groups excluding carboxylic acids is 2. The molecule has 6 nitrogen and oxygen atoms in total. The second kappa shape index (κ2) is 9.56. The molecule has 0 aliphatic heterocycles. The molecule has 2 aromatic rings. The largest absolute Gasteiger partial charge is 0.462 e. The summed E-state index contributed by atoms with van der Waals surface area (Å²) in [6.45, 7) is 6.14. The van der Waals surface area contributed by atoms with Gasteiger partial charge in [-0.2, -0.15) is 0 Å². The molecule has 1 heterocycles. The van der Waals surface area contributed by atoms with Crippen LogP contribution in [0.2, 0.25) is 0 Å². The van der Waals surface area contributed by atoms with Crippen molar-refractivity contribution in [1.29, 1.82) is 0 Å². The van der Waals surface area contributed by atoms with Gasteiger partial charge in [-0.1, -0.05) is 13.8 Å². The highest BCUT2D eigenvalue weighted by atomic mass is 16.5. The highest BCUT2D eigenvalue weighted by Crippen LogP contribution is 2.18. The Morgan fingerprint density at radius 1 is 1.00 bits per heavy atom. The van der Waals surface area contributed by atoms with Crippen molar-refractivity contribution in [2.75, 3.05) is 17.2 Å². The van der Waals surface area contributed by atoms with E-state index in [9.17, 15) is 9.59 Å². The van der Waals surface area contributed by atoms with Gasteiger partial charge in [-0.05, 0) is 56.2 Å². The zero-order valence-electron chi connectivity index (χ0n) is 15.4. The number of rotatable bonds is 8.